The van der Waals surface area contributed by atoms with E-state index < -0.39 is 28.7 Å². The zero-order valence-corrected chi connectivity index (χ0v) is 14.4. The summed E-state index contributed by atoms with van der Waals surface area (Å²) in [6.45, 7) is -1.31. The SMILES string of the molecule is COC(=O)c1cc(S(=O)(=O)Nc2ccccc2NCC(F)(F)F)cs1. The standard InChI is InChI=1S/C14H13F3N2O4S2/c1-23-13(20)12-6-9(7-24-12)25(21,22)19-11-5-3-2-4-10(11)18-8-14(15,16)17/h2-7,18-19H,8H2,1H3. The summed E-state index contributed by atoms with van der Waals surface area (Å²) in [6, 6.07) is 6.71. The van der Waals surface area contributed by atoms with E-state index in [0.717, 1.165) is 24.5 Å². The molecule has 0 aliphatic heterocycles. The Hall–Kier alpha value is -2.27. The fraction of sp³-hybridized carbons (Fsp3) is 0.214. The van der Waals surface area contributed by atoms with Crippen LogP contribution in [0.1, 0.15) is 9.67 Å². The number of carbonyl (C=O) groups is 1. The van der Waals surface area contributed by atoms with Crippen molar-refractivity contribution in [3.63, 3.8) is 0 Å². The fourth-order valence-corrected chi connectivity index (χ4v) is 4.06. The van der Waals surface area contributed by atoms with Gasteiger partial charge in [0.15, 0.2) is 0 Å². The number of hydrogen-bond acceptors (Lipinski definition) is 6. The molecule has 0 saturated heterocycles. The number of esters is 1. The highest BCUT2D eigenvalue weighted by Crippen LogP contribution is 2.27. The Morgan fingerprint density at radius 3 is 2.48 bits per heavy atom. The normalized spacial score (nSPS) is 11.8. The van der Waals surface area contributed by atoms with Gasteiger partial charge < -0.3 is 10.1 Å². The van der Waals surface area contributed by atoms with E-state index >= 15 is 0 Å². The van der Waals surface area contributed by atoms with Crippen molar-refractivity contribution in [3.8, 4) is 0 Å². The second-order valence-electron chi connectivity index (χ2n) is 4.76. The van der Waals surface area contributed by atoms with Crippen LogP contribution in [0.25, 0.3) is 0 Å². The Morgan fingerprint density at radius 2 is 1.88 bits per heavy atom. The van der Waals surface area contributed by atoms with Gasteiger partial charge in [0.05, 0.1) is 23.4 Å². The molecule has 1 aromatic carbocycles. The summed E-state index contributed by atoms with van der Waals surface area (Å²) in [4.78, 5) is 11.3. The van der Waals surface area contributed by atoms with Crippen LogP contribution in [-0.2, 0) is 14.8 Å². The minimum Gasteiger partial charge on any atom is -0.465 e. The van der Waals surface area contributed by atoms with Crippen LogP contribution < -0.4 is 10.0 Å². The maximum atomic E-state index is 12.4. The molecule has 11 heteroatoms. The molecule has 0 bridgehead atoms. The van der Waals surface area contributed by atoms with Crippen LogP contribution >= 0.6 is 11.3 Å². The molecule has 2 rings (SSSR count). The van der Waals surface area contributed by atoms with Crippen molar-refractivity contribution in [3.05, 3.63) is 40.6 Å². The summed E-state index contributed by atoms with van der Waals surface area (Å²) in [5.74, 6) is -0.682. The van der Waals surface area contributed by atoms with Gasteiger partial charge in [-0.25, -0.2) is 13.2 Å². The number of carbonyl (C=O) groups excluding carboxylic acids is 1. The number of sulfonamides is 1. The van der Waals surface area contributed by atoms with Crippen LogP contribution in [0.4, 0.5) is 24.5 Å². The first-order chi connectivity index (χ1) is 11.6. The number of para-hydroxylation sites is 2. The van der Waals surface area contributed by atoms with Gasteiger partial charge in [0.1, 0.15) is 11.4 Å². The predicted octanol–water partition coefficient (Wildman–Crippen LogP) is 3.31. The number of thiophene rings is 1. The van der Waals surface area contributed by atoms with Gasteiger partial charge in [-0.05, 0) is 18.2 Å². The van der Waals surface area contributed by atoms with Gasteiger partial charge in [0.25, 0.3) is 10.0 Å². The molecule has 0 fully saturated rings. The molecule has 6 nitrogen and oxygen atoms in total. The van der Waals surface area contributed by atoms with E-state index in [4.69, 9.17) is 0 Å². The highest BCUT2D eigenvalue weighted by atomic mass is 32.2. The quantitative estimate of drug-likeness (QED) is 0.735. The van der Waals surface area contributed by atoms with Crippen molar-refractivity contribution in [2.45, 2.75) is 11.1 Å². The number of halogens is 3. The third kappa shape index (κ3) is 5.10. The van der Waals surface area contributed by atoms with E-state index in [-0.39, 0.29) is 21.1 Å². The number of hydrogen-bond donors (Lipinski definition) is 2. The first-order valence-electron chi connectivity index (χ1n) is 6.72. The molecule has 25 heavy (non-hydrogen) atoms. The van der Waals surface area contributed by atoms with Gasteiger partial charge >= 0.3 is 12.1 Å². The molecule has 0 spiro atoms. The number of alkyl halides is 3. The van der Waals surface area contributed by atoms with Gasteiger partial charge in [-0.2, -0.15) is 13.2 Å². The molecular weight excluding hydrogens is 381 g/mol. The van der Waals surface area contributed by atoms with Gasteiger partial charge in [0.2, 0.25) is 0 Å². The summed E-state index contributed by atoms with van der Waals surface area (Å²) in [7, 11) is -2.92. The lowest BCUT2D eigenvalue weighted by atomic mass is 10.3. The lowest BCUT2D eigenvalue weighted by Gasteiger charge is -2.14. The van der Waals surface area contributed by atoms with Crippen LogP contribution in [0.15, 0.2) is 40.6 Å². The second kappa shape index (κ2) is 7.31. The molecule has 0 aliphatic carbocycles. The van der Waals surface area contributed by atoms with Gasteiger partial charge in [-0.15, -0.1) is 11.3 Å². The molecule has 0 radical (unpaired) electrons. The second-order valence-corrected chi connectivity index (χ2v) is 7.35. The maximum Gasteiger partial charge on any atom is 0.405 e. The third-order valence-electron chi connectivity index (χ3n) is 2.92. The molecule has 136 valence electrons. The number of ether oxygens (including phenoxy) is 1. The Labute approximate surface area is 145 Å². The van der Waals surface area contributed by atoms with Crippen molar-refractivity contribution >= 4 is 38.7 Å². The molecule has 1 aromatic heterocycles. The van der Waals surface area contributed by atoms with Crippen molar-refractivity contribution in [1.82, 2.24) is 0 Å². The molecule has 0 atom stereocenters. The van der Waals surface area contributed by atoms with Crippen molar-refractivity contribution in [2.75, 3.05) is 23.7 Å². The molecular formula is C14H13F3N2O4S2. The highest BCUT2D eigenvalue weighted by molar-refractivity contribution is 7.92. The van der Waals surface area contributed by atoms with Crippen LogP contribution in [0.2, 0.25) is 0 Å². The Bertz CT molecular complexity index is 863. The van der Waals surface area contributed by atoms with E-state index in [1.54, 1.807) is 0 Å². The average Bonchev–Trinajstić information content (AvgIpc) is 3.03. The van der Waals surface area contributed by atoms with E-state index in [9.17, 15) is 26.4 Å². The Balaban J connectivity index is 2.23. The zero-order chi connectivity index (χ0) is 18.7. The number of anilines is 2. The topological polar surface area (TPSA) is 84.5 Å². The minimum absolute atomic E-state index is 0.0215. The number of rotatable bonds is 6. The number of benzene rings is 1. The first kappa shape index (κ1) is 19.1. The molecule has 1 heterocycles. The van der Waals surface area contributed by atoms with Crippen LogP contribution in [0.3, 0.4) is 0 Å². The lowest BCUT2D eigenvalue weighted by Crippen LogP contribution is -2.22. The summed E-state index contributed by atoms with van der Waals surface area (Å²) in [6.07, 6.45) is -4.45. The highest BCUT2D eigenvalue weighted by Gasteiger charge is 2.27. The van der Waals surface area contributed by atoms with E-state index in [1.165, 1.54) is 29.6 Å². The molecule has 2 N–H and O–H groups in total. The van der Waals surface area contributed by atoms with Crippen molar-refractivity contribution in [1.29, 1.82) is 0 Å². The molecule has 0 aliphatic rings. The maximum absolute atomic E-state index is 12.4. The summed E-state index contributed by atoms with van der Waals surface area (Å²) in [5, 5.41) is 3.37. The van der Waals surface area contributed by atoms with E-state index in [0.29, 0.717) is 0 Å². The van der Waals surface area contributed by atoms with E-state index in [2.05, 4.69) is 14.8 Å². The molecule has 0 unspecified atom stereocenters. The first-order valence-corrected chi connectivity index (χ1v) is 9.08. The van der Waals surface area contributed by atoms with Crippen LogP contribution in [-0.4, -0.2) is 34.2 Å². The minimum atomic E-state index is -4.45. The zero-order valence-electron chi connectivity index (χ0n) is 12.8. The predicted molar refractivity (Wildman–Crippen MR) is 87.5 cm³/mol. The number of methoxy groups -OCH3 is 1. The van der Waals surface area contributed by atoms with Crippen LogP contribution in [0.5, 0.6) is 0 Å². The van der Waals surface area contributed by atoms with Crippen LogP contribution in [0, 0.1) is 0 Å². The largest absolute Gasteiger partial charge is 0.465 e. The monoisotopic (exact) mass is 394 g/mol. The van der Waals surface area contributed by atoms with Crippen molar-refractivity contribution in [2.24, 2.45) is 0 Å². The van der Waals surface area contributed by atoms with Gasteiger partial charge in [-0.1, -0.05) is 12.1 Å². The van der Waals surface area contributed by atoms with Gasteiger partial charge in [0, 0.05) is 5.38 Å². The molecule has 0 saturated carbocycles. The summed E-state index contributed by atoms with van der Waals surface area (Å²) in [5.41, 5.74) is -0.0654. The smallest absolute Gasteiger partial charge is 0.405 e. The summed E-state index contributed by atoms with van der Waals surface area (Å²) < 4.78 is 68.5. The fourth-order valence-electron chi connectivity index (χ4n) is 1.79. The van der Waals surface area contributed by atoms with Gasteiger partial charge in [-0.3, -0.25) is 4.72 Å². The third-order valence-corrected chi connectivity index (χ3v) is 5.33. The number of nitrogens with one attached hydrogen (secondary N) is 2. The molecule has 2 aromatic rings. The average molecular weight is 394 g/mol. The molecule has 0 amide bonds. The lowest BCUT2D eigenvalue weighted by molar-refractivity contribution is -0.115. The van der Waals surface area contributed by atoms with Crippen molar-refractivity contribution < 1.29 is 31.1 Å². The Morgan fingerprint density at radius 1 is 1.24 bits per heavy atom. The Kier molecular flexibility index (Phi) is 5.58. The summed E-state index contributed by atoms with van der Waals surface area (Å²) >= 11 is 0.879. The van der Waals surface area contributed by atoms with E-state index in [1.807, 2.05) is 0 Å².